The predicted octanol–water partition coefficient (Wildman–Crippen LogP) is -0.843. The summed E-state index contributed by atoms with van der Waals surface area (Å²) < 4.78 is 13.5. The third-order valence-corrected chi connectivity index (χ3v) is 14.0. The molecule has 0 aromatic carbocycles. The van der Waals surface area contributed by atoms with E-state index >= 15 is 0 Å². The first-order chi connectivity index (χ1) is 22.1. The standard InChI is InChI=1S/C35H60O12/c1-12-5-18-14(3)28(42)32(16-7-22(36)30(44)23(37)8-16)46-34(18)20(26(12)40)11-21-27(41)13(2)6-19-15(4)29(43)33(47-35(19)21)17-9-24(38)31(45)25(39)10-17/h12-45H,5-11H2,1-4H3. The van der Waals surface area contributed by atoms with Gasteiger partial charge in [0.05, 0.1) is 73.2 Å². The van der Waals surface area contributed by atoms with Gasteiger partial charge in [0.2, 0.25) is 0 Å². The molecule has 4 saturated carbocycles. The van der Waals surface area contributed by atoms with Gasteiger partial charge < -0.3 is 60.5 Å². The molecule has 2 aliphatic heterocycles. The van der Waals surface area contributed by atoms with Gasteiger partial charge in [0.25, 0.3) is 0 Å². The minimum absolute atomic E-state index is 0.0694. The van der Waals surface area contributed by atoms with Gasteiger partial charge in [-0.1, -0.05) is 27.7 Å². The zero-order valence-corrected chi connectivity index (χ0v) is 28.1. The second kappa shape index (κ2) is 13.9. The van der Waals surface area contributed by atoms with Crippen molar-refractivity contribution in [3.8, 4) is 0 Å². The van der Waals surface area contributed by atoms with Crippen LogP contribution in [0.1, 0.15) is 72.6 Å². The van der Waals surface area contributed by atoms with Crippen LogP contribution in [0.25, 0.3) is 0 Å². The highest BCUT2D eigenvalue weighted by Crippen LogP contribution is 2.53. The van der Waals surface area contributed by atoms with Crippen LogP contribution in [0.2, 0.25) is 0 Å². The van der Waals surface area contributed by atoms with Gasteiger partial charge in [-0.2, -0.15) is 0 Å². The first-order valence-corrected chi connectivity index (χ1v) is 18.2. The van der Waals surface area contributed by atoms with Crippen LogP contribution in [-0.4, -0.2) is 137 Å². The maximum absolute atomic E-state index is 11.8. The fraction of sp³-hybridized carbons (Fsp3) is 1.00. The summed E-state index contributed by atoms with van der Waals surface area (Å²) in [5, 5.41) is 109. The van der Waals surface area contributed by atoms with E-state index in [0.717, 1.165) is 0 Å². The maximum atomic E-state index is 11.8. The number of hydrogen-bond donors (Lipinski definition) is 10. The number of ether oxygens (including phenoxy) is 2. The zero-order chi connectivity index (χ0) is 34.2. The average Bonchev–Trinajstić information content (AvgIpc) is 3.02. The van der Waals surface area contributed by atoms with Crippen molar-refractivity contribution in [3.63, 3.8) is 0 Å². The Labute approximate surface area is 277 Å². The Morgan fingerprint density at radius 2 is 0.723 bits per heavy atom. The number of aliphatic hydroxyl groups is 10. The summed E-state index contributed by atoms with van der Waals surface area (Å²) in [5.74, 6) is -2.30. The molecule has 0 bridgehead atoms. The van der Waals surface area contributed by atoms with Gasteiger partial charge in [0, 0.05) is 11.8 Å². The van der Waals surface area contributed by atoms with Gasteiger partial charge in [-0.25, -0.2) is 0 Å². The van der Waals surface area contributed by atoms with E-state index in [-0.39, 0.29) is 61.2 Å². The van der Waals surface area contributed by atoms with Crippen LogP contribution in [0.5, 0.6) is 0 Å². The third kappa shape index (κ3) is 6.46. The van der Waals surface area contributed by atoms with Crippen LogP contribution in [0.4, 0.5) is 0 Å². The molecule has 20 unspecified atom stereocenters. The molecule has 0 aromatic rings. The van der Waals surface area contributed by atoms with E-state index < -0.39 is 109 Å². The molecule has 6 rings (SSSR count). The summed E-state index contributed by atoms with van der Waals surface area (Å²) in [6, 6.07) is 0. The van der Waals surface area contributed by atoms with E-state index in [1.54, 1.807) is 0 Å². The van der Waals surface area contributed by atoms with Gasteiger partial charge in [-0.3, -0.25) is 0 Å². The van der Waals surface area contributed by atoms with Gasteiger partial charge >= 0.3 is 0 Å². The van der Waals surface area contributed by atoms with Crippen LogP contribution >= 0.6 is 0 Å². The Balaban J connectivity index is 1.27. The first-order valence-electron chi connectivity index (χ1n) is 18.2. The lowest BCUT2D eigenvalue weighted by atomic mass is 9.58. The molecular weight excluding hydrogens is 612 g/mol. The molecule has 0 radical (unpaired) electrons. The summed E-state index contributed by atoms with van der Waals surface area (Å²) in [4.78, 5) is 0. The molecule has 2 heterocycles. The van der Waals surface area contributed by atoms with Crippen molar-refractivity contribution in [2.75, 3.05) is 0 Å². The largest absolute Gasteiger partial charge is 0.392 e. The fourth-order valence-electron chi connectivity index (χ4n) is 11.0. The Kier molecular flexibility index (Phi) is 10.8. The molecule has 4 aliphatic carbocycles. The van der Waals surface area contributed by atoms with E-state index in [4.69, 9.17) is 9.47 Å². The molecule has 12 nitrogen and oxygen atoms in total. The van der Waals surface area contributed by atoms with Crippen LogP contribution < -0.4 is 0 Å². The van der Waals surface area contributed by atoms with Crippen molar-refractivity contribution < 1.29 is 60.5 Å². The molecular formula is C35H60O12. The van der Waals surface area contributed by atoms with Crippen LogP contribution in [-0.2, 0) is 9.47 Å². The number of hydrogen-bond acceptors (Lipinski definition) is 12. The molecule has 0 aromatic heterocycles. The molecule has 272 valence electrons. The first kappa shape index (κ1) is 36.3. The normalized spacial score (nSPS) is 60.4. The maximum Gasteiger partial charge on any atom is 0.106 e. The number of aliphatic hydroxyl groups excluding tert-OH is 10. The molecule has 20 atom stereocenters. The number of rotatable bonds is 4. The van der Waals surface area contributed by atoms with E-state index in [1.807, 2.05) is 27.7 Å². The van der Waals surface area contributed by atoms with Crippen molar-refractivity contribution in [2.45, 2.75) is 158 Å². The van der Waals surface area contributed by atoms with Crippen LogP contribution in [0.15, 0.2) is 0 Å². The Hall–Kier alpha value is -0.480. The monoisotopic (exact) mass is 672 g/mol. The minimum Gasteiger partial charge on any atom is -0.392 e. The fourth-order valence-corrected chi connectivity index (χ4v) is 11.0. The third-order valence-electron chi connectivity index (χ3n) is 14.0. The second-order valence-electron chi connectivity index (χ2n) is 16.8. The molecule has 47 heavy (non-hydrogen) atoms. The Bertz CT molecular complexity index is 962. The Morgan fingerprint density at radius 1 is 0.404 bits per heavy atom. The average molecular weight is 673 g/mol. The van der Waals surface area contributed by atoms with Gasteiger partial charge in [0.1, 0.15) is 12.2 Å². The molecule has 6 fully saturated rings. The molecule has 12 heteroatoms. The van der Waals surface area contributed by atoms with Crippen molar-refractivity contribution in [1.29, 1.82) is 0 Å². The van der Waals surface area contributed by atoms with Crippen molar-refractivity contribution >= 4 is 0 Å². The van der Waals surface area contributed by atoms with Crippen LogP contribution in [0, 0.1) is 59.2 Å². The predicted molar refractivity (Wildman–Crippen MR) is 167 cm³/mol. The quantitative estimate of drug-likeness (QED) is 0.177. The SMILES string of the molecule is CC1CC2C(C)C(O)C(C3CC(O)C(O)C(O)C3)OC2C(CC2C(O)C(C)CC3C(C)C(O)C(C4CC(O)C(O)C(O)C4)OC32)C1O. The van der Waals surface area contributed by atoms with Crippen molar-refractivity contribution in [1.82, 2.24) is 0 Å². The molecule has 6 aliphatic rings. The van der Waals surface area contributed by atoms with E-state index in [1.165, 1.54) is 0 Å². The topological polar surface area (TPSA) is 221 Å². The zero-order valence-electron chi connectivity index (χ0n) is 28.1. The van der Waals surface area contributed by atoms with Crippen LogP contribution in [0.3, 0.4) is 0 Å². The highest BCUT2D eigenvalue weighted by molar-refractivity contribution is 5.07. The lowest BCUT2D eigenvalue weighted by Gasteiger charge is -2.57. The molecule has 2 saturated heterocycles. The van der Waals surface area contributed by atoms with Crippen molar-refractivity contribution in [2.24, 2.45) is 59.2 Å². The lowest BCUT2D eigenvalue weighted by Crippen LogP contribution is -2.64. The lowest BCUT2D eigenvalue weighted by molar-refractivity contribution is -0.265. The highest BCUT2D eigenvalue weighted by Gasteiger charge is 2.58. The minimum atomic E-state index is -1.25. The summed E-state index contributed by atoms with van der Waals surface area (Å²) in [6.45, 7) is 7.96. The summed E-state index contributed by atoms with van der Waals surface area (Å²) >= 11 is 0. The van der Waals surface area contributed by atoms with Gasteiger partial charge in [-0.15, -0.1) is 0 Å². The van der Waals surface area contributed by atoms with E-state index in [2.05, 4.69) is 0 Å². The smallest absolute Gasteiger partial charge is 0.106 e. The molecule has 0 amide bonds. The summed E-state index contributed by atoms with van der Waals surface area (Å²) in [5.41, 5.74) is 0. The summed E-state index contributed by atoms with van der Waals surface area (Å²) in [7, 11) is 0. The van der Waals surface area contributed by atoms with Gasteiger partial charge in [-0.05, 0) is 92.3 Å². The molecule has 0 spiro atoms. The highest BCUT2D eigenvalue weighted by atomic mass is 16.5. The Morgan fingerprint density at radius 3 is 1.04 bits per heavy atom. The molecule has 10 N–H and O–H groups in total. The number of fused-ring (bicyclic) bond motifs is 2. The van der Waals surface area contributed by atoms with E-state index in [9.17, 15) is 51.1 Å². The van der Waals surface area contributed by atoms with Gasteiger partial charge in [0.15, 0.2) is 0 Å². The summed E-state index contributed by atoms with van der Waals surface area (Å²) in [6.07, 6.45) is -10.2. The second-order valence-corrected chi connectivity index (χ2v) is 16.8. The van der Waals surface area contributed by atoms with Crippen molar-refractivity contribution in [3.05, 3.63) is 0 Å². The van der Waals surface area contributed by atoms with E-state index in [0.29, 0.717) is 19.3 Å².